The zero-order valence-corrected chi connectivity index (χ0v) is 8.87. The van der Waals surface area contributed by atoms with Gasteiger partial charge < -0.3 is 5.73 Å². The molecule has 0 saturated heterocycles. The second-order valence-electron chi connectivity index (χ2n) is 2.78. The number of amides is 1. The summed E-state index contributed by atoms with van der Waals surface area (Å²) in [6, 6.07) is 0. The molecule has 1 radical (unpaired) electrons. The standard InChI is InChI=1S/C8H6BrN4O/c1-4-2-13-3-5(9)12-6(7(10)14)8(13)11-4/h3H,1H3,(H2,10,14). The van der Waals surface area contributed by atoms with E-state index in [0.29, 0.717) is 15.9 Å². The summed E-state index contributed by atoms with van der Waals surface area (Å²) in [7, 11) is 0. The number of nitrogens with two attached hydrogens (primary N) is 1. The molecule has 2 rings (SSSR count). The fourth-order valence-electron chi connectivity index (χ4n) is 1.18. The summed E-state index contributed by atoms with van der Waals surface area (Å²) in [6.07, 6.45) is 4.59. The second-order valence-corrected chi connectivity index (χ2v) is 3.59. The molecule has 0 atom stereocenters. The van der Waals surface area contributed by atoms with E-state index in [4.69, 9.17) is 5.73 Å². The van der Waals surface area contributed by atoms with Gasteiger partial charge in [-0.3, -0.25) is 9.20 Å². The summed E-state index contributed by atoms with van der Waals surface area (Å²) in [5, 5.41) is 0. The third-order valence-corrected chi connectivity index (χ3v) is 2.07. The Labute approximate surface area is 88.1 Å². The molecule has 5 nitrogen and oxygen atoms in total. The van der Waals surface area contributed by atoms with E-state index in [0.717, 1.165) is 0 Å². The minimum atomic E-state index is -0.602. The molecule has 0 aliphatic heterocycles. The topological polar surface area (TPSA) is 73.3 Å². The van der Waals surface area contributed by atoms with Crippen LogP contribution in [0.15, 0.2) is 10.8 Å². The fraction of sp³-hybridized carbons (Fsp3) is 0.125. The van der Waals surface area contributed by atoms with Crippen molar-refractivity contribution in [2.75, 3.05) is 0 Å². The van der Waals surface area contributed by atoms with Gasteiger partial charge in [0.05, 0.1) is 11.9 Å². The van der Waals surface area contributed by atoms with Gasteiger partial charge in [-0.2, -0.15) is 0 Å². The first-order chi connectivity index (χ1) is 6.58. The number of imidazole rings is 1. The van der Waals surface area contributed by atoms with E-state index < -0.39 is 5.91 Å². The molecule has 14 heavy (non-hydrogen) atoms. The van der Waals surface area contributed by atoms with Crippen LogP contribution in [-0.2, 0) is 0 Å². The Bertz CT molecular complexity index is 519. The largest absolute Gasteiger partial charge is 0.364 e. The third kappa shape index (κ3) is 1.37. The van der Waals surface area contributed by atoms with Crippen molar-refractivity contribution in [2.24, 2.45) is 5.73 Å². The molecule has 71 valence electrons. The number of nitrogens with zero attached hydrogens (tertiary/aromatic N) is 3. The maximum atomic E-state index is 11.0. The van der Waals surface area contributed by atoms with Gasteiger partial charge in [0, 0.05) is 6.20 Å². The highest BCUT2D eigenvalue weighted by Gasteiger charge is 2.12. The Morgan fingerprint density at radius 2 is 2.36 bits per heavy atom. The molecule has 0 aliphatic rings. The molecule has 1 amide bonds. The number of carbonyl (C=O) groups excluding carboxylic acids is 1. The number of primary amides is 1. The van der Waals surface area contributed by atoms with Gasteiger partial charge in [0.2, 0.25) is 0 Å². The average molecular weight is 254 g/mol. The summed E-state index contributed by atoms with van der Waals surface area (Å²) in [4.78, 5) is 19.1. The number of halogens is 1. The highest BCUT2D eigenvalue weighted by atomic mass is 79.9. The minimum absolute atomic E-state index is 0.142. The van der Waals surface area contributed by atoms with Crippen LogP contribution in [0.4, 0.5) is 0 Å². The molecule has 0 aliphatic carbocycles. The Morgan fingerprint density at radius 3 is 3.00 bits per heavy atom. The lowest BCUT2D eigenvalue weighted by Gasteiger charge is -1.98. The summed E-state index contributed by atoms with van der Waals surface area (Å²) >= 11 is 3.17. The van der Waals surface area contributed by atoms with Crippen LogP contribution in [0.3, 0.4) is 0 Å². The molecule has 6 heteroatoms. The van der Waals surface area contributed by atoms with Crippen molar-refractivity contribution in [1.29, 1.82) is 0 Å². The zero-order valence-electron chi connectivity index (χ0n) is 7.28. The number of hydrogen-bond donors (Lipinski definition) is 1. The van der Waals surface area contributed by atoms with Gasteiger partial charge in [-0.25, -0.2) is 9.97 Å². The lowest BCUT2D eigenvalue weighted by Crippen LogP contribution is -2.15. The molecule has 2 aromatic heterocycles. The van der Waals surface area contributed by atoms with Crippen molar-refractivity contribution in [3.63, 3.8) is 0 Å². The Balaban J connectivity index is 2.85. The second kappa shape index (κ2) is 3.06. The van der Waals surface area contributed by atoms with Crippen molar-refractivity contribution in [1.82, 2.24) is 14.4 Å². The first kappa shape index (κ1) is 9.14. The van der Waals surface area contributed by atoms with E-state index >= 15 is 0 Å². The number of aromatic nitrogens is 3. The van der Waals surface area contributed by atoms with E-state index in [1.807, 2.05) is 0 Å². The number of rotatable bonds is 1. The van der Waals surface area contributed by atoms with Gasteiger partial charge in [0.15, 0.2) is 11.3 Å². The Kier molecular flexibility index (Phi) is 1.99. The minimum Gasteiger partial charge on any atom is -0.364 e. The normalized spacial score (nSPS) is 10.7. The molecule has 2 aromatic rings. The lowest BCUT2D eigenvalue weighted by atomic mass is 10.4. The summed E-state index contributed by atoms with van der Waals surface area (Å²) in [5.41, 5.74) is 6.43. The Hall–Kier alpha value is -1.43. The van der Waals surface area contributed by atoms with Gasteiger partial charge in [0.1, 0.15) is 4.60 Å². The molecule has 2 N–H and O–H groups in total. The first-order valence-corrected chi connectivity index (χ1v) is 4.61. The van der Waals surface area contributed by atoms with E-state index in [2.05, 4.69) is 32.1 Å². The van der Waals surface area contributed by atoms with Gasteiger partial charge in [-0.05, 0) is 22.9 Å². The van der Waals surface area contributed by atoms with Crippen LogP contribution in [0, 0.1) is 13.1 Å². The number of fused-ring (bicyclic) bond motifs is 1. The lowest BCUT2D eigenvalue weighted by molar-refractivity contribution is 0.0996. The number of carbonyl (C=O) groups is 1. The molecule has 0 spiro atoms. The SMILES string of the molecule is Cc1[c]n2cc(Br)nc(C(N)=O)c2n1. The molecule has 0 unspecified atom stereocenters. The van der Waals surface area contributed by atoms with Crippen molar-refractivity contribution >= 4 is 27.5 Å². The maximum Gasteiger partial charge on any atom is 0.271 e. The monoisotopic (exact) mass is 253 g/mol. The predicted molar refractivity (Wildman–Crippen MR) is 52.8 cm³/mol. The van der Waals surface area contributed by atoms with Gasteiger partial charge in [-0.15, -0.1) is 0 Å². The van der Waals surface area contributed by atoms with Gasteiger partial charge in [-0.1, -0.05) is 0 Å². The van der Waals surface area contributed by atoms with Crippen LogP contribution < -0.4 is 5.73 Å². The zero-order chi connectivity index (χ0) is 10.3. The summed E-state index contributed by atoms with van der Waals surface area (Å²) < 4.78 is 2.11. The van der Waals surface area contributed by atoms with E-state index in [9.17, 15) is 4.79 Å². The quantitative estimate of drug-likeness (QED) is 0.813. The van der Waals surface area contributed by atoms with Crippen LogP contribution >= 0.6 is 15.9 Å². The Morgan fingerprint density at radius 1 is 1.64 bits per heavy atom. The van der Waals surface area contributed by atoms with Crippen LogP contribution in [0.25, 0.3) is 5.65 Å². The molecule has 2 heterocycles. The summed E-state index contributed by atoms with van der Waals surface area (Å²) in [6.45, 7) is 1.78. The fourth-order valence-corrected chi connectivity index (χ4v) is 1.57. The van der Waals surface area contributed by atoms with Crippen molar-refractivity contribution < 1.29 is 4.79 Å². The third-order valence-electron chi connectivity index (χ3n) is 1.68. The number of hydrogen-bond acceptors (Lipinski definition) is 3. The highest BCUT2D eigenvalue weighted by Crippen LogP contribution is 2.12. The molecular formula is C8H6BrN4O. The van der Waals surface area contributed by atoms with Crippen molar-refractivity contribution in [2.45, 2.75) is 6.92 Å². The molecule has 0 saturated carbocycles. The predicted octanol–water partition coefficient (Wildman–Crippen LogP) is 0.699. The van der Waals surface area contributed by atoms with E-state index in [1.165, 1.54) is 0 Å². The van der Waals surface area contributed by atoms with Crippen LogP contribution in [-0.4, -0.2) is 20.3 Å². The number of aryl methyl sites for hydroxylation is 1. The molecular weight excluding hydrogens is 248 g/mol. The van der Waals surface area contributed by atoms with Gasteiger partial charge in [0.25, 0.3) is 5.91 Å². The molecule has 0 fully saturated rings. The van der Waals surface area contributed by atoms with Gasteiger partial charge >= 0.3 is 0 Å². The maximum absolute atomic E-state index is 11.0. The van der Waals surface area contributed by atoms with Crippen molar-refractivity contribution in [3.05, 3.63) is 28.4 Å². The van der Waals surface area contributed by atoms with Crippen LogP contribution in [0.1, 0.15) is 16.2 Å². The first-order valence-electron chi connectivity index (χ1n) is 3.82. The van der Waals surface area contributed by atoms with E-state index in [1.54, 1.807) is 17.5 Å². The van der Waals surface area contributed by atoms with Crippen molar-refractivity contribution in [3.8, 4) is 0 Å². The van der Waals surface area contributed by atoms with E-state index in [-0.39, 0.29) is 5.69 Å². The average Bonchev–Trinajstić information content (AvgIpc) is 2.42. The molecule has 0 aromatic carbocycles. The van der Waals surface area contributed by atoms with Crippen LogP contribution in [0.2, 0.25) is 0 Å². The highest BCUT2D eigenvalue weighted by molar-refractivity contribution is 9.10. The molecule has 0 bridgehead atoms. The van der Waals surface area contributed by atoms with Crippen LogP contribution in [0.5, 0.6) is 0 Å². The summed E-state index contributed by atoms with van der Waals surface area (Å²) in [5.74, 6) is -0.602. The smallest absolute Gasteiger partial charge is 0.271 e.